The average Bonchev–Trinajstić information content (AvgIpc) is 2.65. The van der Waals surface area contributed by atoms with Gasteiger partial charge in [-0.25, -0.2) is 4.79 Å². The standard InChI is InChI=1S/C21H32N2O5/c1-5-15(4)18(19(25)26)22-20(27)21(28,14(2)3)23-17(24)13-9-12-16-10-7-6-8-11-16/h6-8,10-11,14-15,18,28H,5,9,12-13H2,1-4H3,(H,22,27)(H,23,24)(H,25,26)/t15-,18-,21+/m0/s1. The van der Waals surface area contributed by atoms with Gasteiger partial charge in [-0.1, -0.05) is 64.4 Å². The Morgan fingerprint density at radius 2 is 1.71 bits per heavy atom. The molecule has 156 valence electrons. The van der Waals surface area contributed by atoms with Gasteiger partial charge in [-0.3, -0.25) is 9.59 Å². The number of hydrogen-bond donors (Lipinski definition) is 4. The summed E-state index contributed by atoms with van der Waals surface area (Å²) in [6.07, 6.45) is 1.96. The van der Waals surface area contributed by atoms with Crippen molar-refractivity contribution in [3.05, 3.63) is 35.9 Å². The van der Waals surface area contributed by atoms with E-state index in [0.717, 1.165) is 5.56 Å². The summed E-state index contributed by atoms with van der Waals surface area (Å²) >= 11 is 0. The van der Waals surface area contributed by atoms with Gasteiger partial charge in [0.2, 0.25) is 11.6 Å². The van der Waals surface area contributed by atoms with Gasteiger partial charge in [0.1, 0.15) is 6.04 Å². The van der Waals surface area contributed by atoms with Crippen LogP contribution in [0.15, 0.2) is 30.3 Å². The summed E-state index contributed by atoms with van der Waals surface area (Å²) in [6, 6.07) is 8.56. The van der Waals surface area contributed by atoms with Crippen molar-refractivity contribution in [3.63, 3.8) is 0 Å². The molecule has 1 aromatic carbocycles. The number of amides is 2. The summed E-state index contributed by atoms with van der Waals surface area (Å²) < 4.78 is 0. The molecule has 1 rings (SSSR count). The molecule has 0 aromatic heterocycles. The molecule has 0 saturated heterocycles. The van der Waals surface area contributed by atoms with Crippen LogP contribution >= 0.6 is 0 Å². The van der Waals surface area contributed by atoms with Crippen molar-refractivity contribution in [2.45, 2.75) is 65.1 Å². The second kappa shape index (κ2) is 10.8. The van der Waals surface area contributed by atoms with Crippen molar-refractivity contribution in [2.24, 2.45) is 11.8 Å². The highest BCUT2D eigenvalue weighted by atomic mass is 16.4. The molecule has 0 fully saturated rings. The maximum atomic E-state index is 12.6. The van der Waals surface area contributed by atoms with Gasteiger partial charge >= 0.3 is 5.97 Å². The van der Waals surface area contributed by atoms with Gasteiger partial charge < -0.3 is 20.8 Å². The molecule has 0 bridgehead atoms. The third-order valence-corrected chi connectivity index (χ3v) is 4.99. The second-order valence-electron chi connectivity index (χ2n) is 7.48. The van der Waals surface area contributed by atoms with Crippen LogP contribution in [0.25, 0.3) is 0 Å². The molecule has 7 heteroatoms. The molecule has 0 aliphatic carbocycles. The SMILES string of the molecule is CC[C@H](C)[C@H](NC(=O)[C@@](O)(NC(=O)CCCc1ccccc1)C(C)C)C(=O)O. The first kappa shape index (κ1) is 23.6. The van der Waals surface area contributed by atoms with Gasteiger partial charge in [-0.15, -0.1) is 0 Å². The third-order valence-electron chi connectivity index (χ3n) is 4.99. The molecule has 3 atom stereocenters. The predicted octanol–water partition coefficient (Wildman–Crippen LogP) is 2.09. The molecule has 1 aromatic rings. The molecular weight excluding hydrogens is 360 g/mol. The molecule has 0 heterocycles. The van der Waals surface area contributed by atoms with Gasteiger partial charge in [0.25, 0.3) is 5.91 Å². The maximum absolute atomic E-state index is 12.6. The highest BCUT2D eigenvalue weighted by molar-refractivity contribution is 5.92. The molecule has 7 nitrogen and oxygen atoms in total. The zero-order valence-corrected chi connectivity index (χ0v) is 17.1. The number of nitrogens with one attached hydrogen (secondary N) is 2. The van der Waals surface area contributed by atoms with Gasteiger partial charge in [0.15, 0.2) is 0 Å². The normalized spacial score (nSPS) is 15.4. The van der Waals surface area contributed by atoms with Crippen molar-refractivity contribution < 1.29 is 24.6 Å². The van der Waals surface area contributed by atoms with Gasteiger partial charge in [0, 0.05) is 12.3 Å². The summed E-state index contributed by atoms with van der Waals surface area (Å²) in [5.41, 5.74) is -1.07. The zero-order valence-electron chi connectivity index (χ0n) is 17.1. The number of carboxylic acid groups (broad SMARTS) is 1. The van der Waals surface area contributed by atoms with Crippen molar-refractivity contribution in [1.29, 1.82) is 0 Å². The van der Waals surface area contributed by atoms with E-state index in [1.165, 1.54) is 0 Å². The number of carbonyl (C=O) groups excluding carboxylic acids is 2. The molecule has 0 saturated carbocycles. The number of hydrogen-bond acceptors (Lipinski definition) is 4. The largest absolute Gasteiger partial charge is 0.480 e. The molecule has 0 spiro atoms. The minimum Gasteiger partial charge on any atom is -0.480 e. The minimum absolute atomic E-state index is 0.144. The topological polar surface area (TPSA) is 116 Å². The first-order chi connectivity index (χ1) is 13.1. The number of benzene rings is 1. The van der Waals surface area contributed by atoms with Crippen molar-refractivity contribution in [2.75, 3.05) is 0 Å². The highest BCUT2D eigenvalue weighted by Gasteiger charge is 2.43. The van der Waals surface area contributed by atoms with Crippen LogP contribution in [-0.2, 0) is 20.8 Å². The fraction of sp³-hybridized carbons (Fsp3) is 0.571. The monoisotopic (exact) mass is 392 g/mol. The first-order valence-corrected chi connectivity index (χ1v) is 9.72. The van der Waals surface area contributed by atoms with Crippen LogP contribution in [0.4, 0.5) is 0 Å². The Bertz CT molecular complexity index is 662. The summed E-state index contributed by atoms with van der Waals surface area (Å²) in [6.45, 7) is 6.69. The number of aliphatic carboxylic acids is 1. The van der Waals surface area contributed by atoms with Crippen molar-refractivity contribution in [1.82, 2.24) is 10.6 Å². The Hall–Kier alpha value is -2.41. The average molecular weight is 392 g/mol. The van der Waals surface area contributed by atoms with E-state index in [1.54, 1.807) is 20.8 Å². The lowest BCUT2D eigenvalue weighted by Crippen LogP contribution is -2.64. The summed E-state index contributed by atoms with van der Waals surface area (Å²) in [7, 11) is 0. The maximum Gasteiger partial charge on any atom is 0.326 e. The number of carbonyl (C=O) groups is 3. The number of carboxylic acids is 1. The van der Waals surface area contributed by atoms with Crippen LogP contribution < -0.4 is 10.6 Å². The smallest absolute Gasteiger partial charge is 0.326 e. The Labute approximate surface area is 166 Å². The van der Waals surface area contributed by atoms with Gasteiger partial charge in [-0.05, 0) is 24.3 Å². The predicted molar refractivity (Wildman–Crippen MR) is 106 cm³/mol. The van der Waals surface area contributed by atoms with E-state index in [9.17, 15) is 24.6 Å². The molecule has 2 amide bonds. The summed E-state index contributed by atoms with van der Waals surface area (Å²) in [5, 5.41) is 24.9. The Balaban J connectivity index is 2.73. The van der Waals surface area contributed by atoms with E-state index in [0.29, 0.717) is 19.3 Å². The fourth-order valence-electron chi connectivity index (χ4n) is 2.77. The molecule has 0 aliphatic heterocycles. The number of aryl methyl sites for hydroxylation is 1. The summed E-state index contributed by atoms with van der Waals surface area (Å²) in [4.78, 5) is 36.4. The van der Waals surface area contributed by atoms with Crippen LogP contribution in [0, 0.1) is 11.8 Å². The van der Waals surface area contributed by atoms with E-state index >= 15 is 0 Å². The highest BCUT2D eigenvalue weighted by Crippen LogP contribution is 2.17. The van der Waals surface area contributed by atoms with Gasteiger partial charge in [-0.2, -0.15) is 0 Å². The molecule has 0 radical (unpaired) electrons. The summed E-state index contributed by atoms with van der Waals surface area (Å²) in [5.74, 6) is -3.51. The lowest BCUT2D eigenvalue weighted by atomic mass is 9.95. The zero-order chi connectivity index (χ0) is 21.3. The van der Waals surface area contributed by atoms with E-state index in [4.69, 9.17) is 0 Å². The van der Waals surface area contributed by atoms with Crippen molar-refractivity contribution in [3.8, 4) is 0 Å². The van der Waals surface area contributed by atoms with Crippen LogP contribution in [0.1, 0.15) is 52.5 Å². The van der Waals surface area contributed by atoms with E-state index in [-0.39, 0.29) is 12.3 Å². The third kappa shape index (κ3) is 6.64. The van der Waals surface area contributed by atoms with Crippen LogP contribution in [0.5, 0.6) is 0 Å². The first-order valence-electron chi connectivity index (χ1n) is 9.72. The Kier molecular flexibility index (Phi) is 9.12. The van der Waals surface area contributed by atoms with Crippen LogP contribution in [0.2, 0.25) is 0 Å². The number of rotatable bonds is 11. The Morgan fingerprint density at radius 1 is 1.11 bits per heavy atom. The van der Waals surface area contributed by atoms with E-state index in [1.807, 2.05) is 37.3 Å². The van der Waals surface area contributed by atoms with Crippen LogP contribution in [0.3, 0.4) is 0 Å². The fourth-order valence-corrected chi connectivity index (χ4v) is 2.77. The van der Waals surface area contributed by atoms with Crippen molar-refractivity contribution >= 4 is 17.8 Å². The molecular formula is C21H32N2O5. The van der Waals surface area contributed by atoms with Crippen LogP contribution in [-0.4, -0.2) is 39.8 Å². The van der Waals surface area contributed by atoms with E-state index < -0.39 is 35.5 Å². The minimum atomic E-state index is -2.18. The lowest BCUT2D eigenvalue weighted by molar-refractivity contribution is -0.158. The van der Waals surface area contributed by atoms with E-state index in [2.05, 4.69) is 10.6 Å². The second-order valence-corrected chi connectivity index (χ2v) is 7.48. The lowest BCUT2D eigenvalue weighted by Gasteiger charge is -2.33. The molecule has 0 aliphatic rings. The Morgan fingerprint density at radius 3 is 2.21 bits per heavy atom. The molecule has 4 N–H and O–H groups in total. The quantitative estimate of drug-likeness (QED) is 0.430. The molecule has 28 heavy (non-hydrogen) atoms. The molecule has 0 unspecified atom stereocenters. The van der Waals surface area contributed by atoms with Gasteiger partial charge in [0.05, 0.1) is 0 Å². The number of aliphatic hydroxyl groups is 1.